The first kappa shape index (κ1) is 15.9. The molecule has 1 aromatic carbocycles. The van der Waals surface area contributed by atoms with Crippen LogP contribution in [0.3, 0.4) is 0 Å². The van der Waals surface area contributed by atoms with Gasteiger partial charge in [0.25, 0.3) is 5.69 Å². The summed E-state index contributed by atoms with van der Waals surface area (Å²) in [5.74, 6) is 0. The highest BCUT2D eigenvalue weighted by atomic mass is 32.2. The second-order valence-corrected chi connectivity index (χ2v) is 7.18. The molecule has 8 heteroatoms. The van der Waals surface area contributed by atoms with Crippen molar-refractivity contribution in [2.45, 2.75) is 43.2 Å². The third-order valence-electron chi connectivity index (χ3n) is 3.76. The number of nitrogens with two attached hydrogens (primary N) is 1. The first-order chi connectivity index (χ1) is 9.84. The summed E-state index contributed by atoms with van der Waals surface area (Å²) in [4.78, 5) is 10.2. The molecule has 0 aliphatic carbocycles. The number of hydrogen-bond donors (Lipinski definition) is 1. The fourth-order valence-corrected chi connectivity index (χ4v) is 4.40. The minimum Gasteiger partial charge on any atom is -0.326 e. The van der Waals surface area contributed by atoms with Gasteiger partial charge in [-0.25, -0.2) is 8.42 Å². The van der Waals surface area contributed by atoms with Crippen LogP contribution < -0.4 is 5.73 Å². The molecule has 7 nitrogen and oxygen atoms in total. The van der Waals surface area contributed by atoms with E-state index in [0.29, 0.717) is 6.54 Å². The Bertz CT molecular complexity index is 613. The van der Waals surface area contributed by atoms with Crippen LogP contribution in [-0.4, -0.2) is 36.3 Å². The Hall–Kier alpha value is -1.51. The van der Waals surface area contributed by atoms with Crippen LogP contribution in [0.4, 0.5) is 5.69 Å². The monoisotopic (exact) mass is 313 g/mol. The SMILES string of the molecule is C[C@@H](N)[C@@H]1CCCCN1S(=O)(=O)c1ccc([N+](=O)[O-])cc1. The first-order valence-electron chi connectivity index (χ1n) is 6.86. The van der Waals surface area contributed by atoms with Crippen molar-refractivity contribution >= 4 is 15.7 Å². The van der Waals surface area contributed by atoms with Gasteiger partial charge in [0.15, 0.2) is 0 Å². The van der Waals surface area contributed by atoms with Crippen LogP contribution in [0.15, 0.2) is 29.2 Å². The van der Waals surface area contributed by atoms with Gasteiger partial charge in [0.2, 0.25) is 10.0 Å². The number of hydrogen-bond acceptors (Lipinski definition) is 5. The molecular formula is C13H19N3O4S. The molecule has 1 aliphatic rings. The first-order valence-corrected chi connectivity index (χ1v) is 8.30. The lowest BCUT2D eigenvalue weighted by Gasteiger charge is -2.36. The molecule has 21 heavy (non-hydrogen) atoms. The van der Waals surface area contributed by atoms with Gasteiger partial charge in [0.1, 0.15) is 0 Å². The van der Waals surface area contributed by atoms with Gasteiger partial charge < -0.3 is 5.73 Å². The van der Waals surface area contributed by atoms with E-state index in [1.54, 1.807) is 6.92 Å². The fourth-order valence-electron chi connectivity index (χ4n) is 2.63. The maximum absolute atomic E-state index is 12.7. The molecule has 0 amide bonds. The lowest BCUT2D eigenvalue weighted by Crippen LogP contribution is -2.51. The molecule has 0 spiro atoms. The van der Waals surface area contributed by atoms with E-state index in [1.165, 1.54) is 28.6 Å². The molecule has 1 heterocycles. The summed E-state index contributed by atoms with van der Waals surface area (Å²) in [5.41, 5.74) is 5.77. The maximum atomic E-state index is 12.7. The van der Waals surface area contributed by atoms with Crippen LogP contribution in [-0.2, 0) is 10.0 Å². The van der Waals surface area contributed by atoms with Gasteiger partial charge in [-0.1, -0.05) is 6.42 Å². The zero-order chi connectivity index (χ0) is 15.6. The average molecular weight is 313 g/mol. The predicted octanol–water partition coefficient (Wildman–Crippen LogP) is 1.49. The second kappa shape index (κ2) is 6.08. The number of rotatable bonds is 4. The average Bonchev–Trinajstić information content (AvgIpc) is 2.47. The zero-order valence-corrected chi connectivity index (χ0v) is 12.6. The van der Waals surface area contributed by atoms with Gasteiger partial charge in [-0.2, -0.15) is 4.31 Å². The Labute approximate surface area is 123 Å². The van der Waals surface area contributed by atoms with Gasteiger partial charge in [-0.3, -0.25) is 10.1 Å². The van der Waals surface area contributed by atoms with E-state index >= 15 is 0 Å². The molecule has 2 N–H and O–H groups in total. The summed E-state index contributed by atoms with van der Waals surface area (Å²) in [6.45, 7) is 2.24. The highest BCUT2D eigenvalue weighted by Gasteiger charge is 2.35. The van der Waals surface area contributed by atoms with Crippen LogP contribution in [0.1, 0.15) is 26.2 Å². The second-order valence-electron chi connectivity index (χ2n) is 5.29. The molecule has 1 aliphatic heterocycles. The fraction of sp³-hybridized carbons (Fsp3) is 0.538. The summed E-state index contributed by atoms with van der Waals surface area (Å²) < 4.78 is 26.8. The van der Waals surface area contributed by atoms with E-state index in [0.717, 1.165) is 19.3 Å². The van der Waals surface area contributed by atoms with E-state index in [-0.39, 0.29) is 22.7 Å². The number of non-ortho nitro benzene ring substituents is 1. The van der Waals surface area contributed by atoms with Crippen LogP contribution >= 0.6 is 0 Å². The van der Waals surface area contributed by atoms with Gasteiger partial charge in [0.05, 0.1) is 9.82 Å². The summed E-state index contributed by atoms with van der Waals surface area (Å²) in [7, 11) is -3.67. The van der Waals surface area contributed by atoms with Crippen LogP contribution in [0.25, 0.3) is 0 Å². The maximum Gasteiger partial charge on any atom is 0.269 e. The summed E-state index contributed by atoms with van der Waals surface area (Å²) >= 11 is 0. The molecule has 1 fully saturated rings. The third kappa shape index (κ3) is 3.22. The van der Waals surface area contributed by atoms with E-state index in [2.05, 4.69) is 0 Å². The van der Waals surface area contributed by atoms with Gasteiger partial charge in [0, 0.05) is 30.8 Å². The lowest BCUT2D eigenvalue weighted by molar-refractivity contribution is -0.384. The van der Waals surface area contributed by atoms with Gasteiger partial charge in [-0.05, 0) is 31.9 Å². The minimum atomic E-state index is -3.67. The minimum absolute atomic E-state index is 0.0700. The Morgan fingerprint density at radius 2 is 1.95 bits per heavy atom. The number of nitro benzene ring substituents is 1. The van der Waals surface area contributed by atoms with E-state index in [9.17, 15) is 18.5 Å². The third-order valence-corrected chi connectivity index (χ3v) is 5.70. The topological polar surface area (TPSA) is 107 Å². The smallest absolute Gasteiger partial charge is 0.269 e. The molecule has 1 saturated heterocycles. The van der Waals surface area contributed by atoms with Gasteiger partial charge in [-0.15, -0.1) is 0 Å². The molecule has 0 unspecified atom stereocenters. The molecule has 0 bridgehead atoms. The van der Waals surface area contributed by atoms with Crippen molar-refractivity contribution in [3.8, 4) is 0 Å². The van der Waals surface area contributed by atoms with Crippen LogP contribution in [0, 0.1) is 10.1 Å². The van der Waals surface area contributed by atoms with Crippen molar-refractivity contribution in [1.29, 1.82) is 0 Å². The normalized spacial score (nSPS) is 21.9. The highest BCUT2D eigenvalue weighted by Crippen LogP contribution is 2.27. The van der Waals surface area contributed by atoms with Crippen molar-refractivity contribution in [1.82, 2.24) is 4.31 Å². The number of nitrogens with zero attached hydrogens (tertiary/aromatic N) is 2. The number of sulfonamides is 1. The molecule has 116 valence electrons. The molecule has 1 aromatic rings. The molecule has 2 rings (SSSR count). The molecule has 0 aromatic heterocycles. The van der Waals surface area contributed by atoms with Crippen molar-refractivity contribution < 1.29 is 13.3 Å². The molecule has 0 saturated carbocycles. The number of nitro groups is 1. The van der Waals surface area contributed by atoms with Crippen molar-refractivity contribution in [3.63, 3.8) is 0 Å². The lowest BCUT2D eigenvalue weighted by atomic mass is 10.00. The van der Waals surface area contributed by atoms with Gasteiger partial charge >= 0.3 is 0 Å². The number of piperidine rings is 1. The predicted molar refractivity (Wildman–Crippen MR) is 78.3 cm³/mol. The Morgan fingerprint density at radius 3 is 2.48 bits per heavy atom. The molecule has 0 radical (unpaired) electrons. The molecule has 2 atom stereocenters. The van der Waals surface area contributed by atoms with E-state index in [4.69, 9.17) is 5.73 Å². The van der Waals surface area contributed by atoms with Crippen molar-refractivity contribution in [2.75, 3.05) is 6.54 Å². The molecular weight excluding hydrogens is 294 g/mol. The Kier molecular flexibility index (Phi) is 4.60. The highest BCUT2D eigenvalue weighted by molar-refractivity contribution is 7.89. The largest absolute Gasteiger partial charge is 0.326 e. The standard InChI is InChI=1S/C13H19N3O4S/c1-10(14)13-4-2-3-9-15(13)21(19,20)12-7-5-11(6-8-12)16(17)18/h5-8,10,13H,2-4,9,14H2,1H3/t10-,13+/m1/s1. The van der Waals surface area contributed by atoms with Crippen molar-refractivity contribution in [3.05, 3.63) is 34.4 Å². The van der Waals surface area contributed by atoms with Crippen LogP contribution in [0.2, 0.25) is 0 Å². The summed E-state index contributed by atoms with van der Waals surface area (Å²) in [5, 5.41) is 10.6. The van der Waals surface area contributed by atoms with Crippen LogP contribution in [0.5, 0.6) is 0 Å². The zero-order valence-electron chi connectivity index (χ0n) is 11.8. The Morgan fingerprint density at radius 1 is 1.33 bits per heavy atom. The van der Waals surface area contributed by atoms with E-state index < -0.39 is 14.9 Å². The van der Waals surface area contributed by atoms with Crippen molar-refractivity contribution in [2.24, 2.45) is 5.73 Å². The number of benzene rings is 1. The Balaban J connectivity index is 2.33. The quantitative estimate of drug-likeness (QED) is 0.669. The van der Waals surface area contributed by atoms with E-state index in [1.807, 2.05) is 0 Å². The summed E-state index contributed by atoms with van der Waals surface area (Å²) in [6.07, 6.45) is 2.50. The summed E-state index contributed by atoms with van der Waals surface area (Å²) in [6, 6.07) is 4.49.